The van der Waals surface area contributed by atoms with E-state index in [1.54, 1.807) is 6.92 Å². The number of benzene rings is 1. The number of nitro benzene ring substituents is 1. The smallest absolute Gasteiger partial charge is 0.305 e. The van der Waals surface area contributed by atoms with Gasteiger partial charge in [-0.05, 0) is 12.5 Å². The molecule has 108 valence electrons. The van der Waals surface area contributed by atoms with Gasteiger partial charge in [0.1, 0.15) is 0 Å². The monoisotopic (exact) mass is 300 g/mol. The molecule has 0 aliphatic carbocycles. The molecule has 0 radical (unpaired) electrons. The summed E-state index contributed by atoms with van der Waals surface area (Å²) in [5, 5.41) is 21.8. The number of aliphatic carboxylic acids is 1. The molecule has 1 amide bonds. The Morgan fingerprint density at radius 3 is 2.65 bits per heavy atom. The van der Waals surface area contributed by atoms with E-state index in [1.807, 2.05) is 0 Å². The predicted molar refractivity (Wildman–Crippen MR) is 71.7 cm³/mol. The molecule has 1 unspecified atom stereocenters. The Morgan fingerprint density at radius 1 is 1.50 bits per heavy atom. The molecule has 0 fully saturated rings. The molecule has 7 nitrogen and oxygen atoms in total. The second-order valence-corrected chi connectivity index (χ2v) is 4.68. The van der Waals surface area contributed by atoms with Gasteiger partial charge in [-0.3, -0.25) is 19.7 Å². The molecule has 0 bridgehead atoms. The van der Waals surface area contributed by atoms with Crippen molar-refractivity contribution in [1.29, 1.82) is 0 Å². The number of non-ortho nitro benzene ring substituents is 1. The number of amides is 1. The van der Waals surface area contributed by atoms with Crippen molar-refractivity contribution in [2.24, 2.45) is 0 Å². The molecular weight excluding hydrogens is 288 g/mol. The van der Waals surface area contributed by atoms with E-state index >= 15 is 0 Å². The van der Waals surface area contributed by atoms with Gasteiger partial charge in [-0.2, -0.15) is 0 Å². The van der Waals surface area contributed by atoms with Gasteiger partial charge in [-0.25, -0.2) is 0 Å². The highest BCUT2D eigenvalue weighted by Gasteiger charge is 2.14. The standard InChI is InChI=1S/C12H13ClN2O5/c1-7(4-12(17)18)14-11(16)5-8-2-3-9(15(19)20)6-10(8)13/h2-3,6-7H,4-5H2,1H3,(H,14,16)(H,17,18). The molecular formula is C12H13ClN2O5. The molecule has 20 heavy (non-hydrogen) atoms. The molecule has 0 aliphatic rings. The third-order valence-electron chi connectivity index (χ3n) is 2.49. The van der Waals surface area contributed by atoms with E-state index in [2.05, 4.69) is 5.32 Å². The molecule has 2 N–H and O–H groups in total. The molecule has 0 saturated carbocycles. The quantitative estimate of drug-likeness (QED) is 0.614. The lowest BCUT2D eigenvalue weighted by atomic mass is 10.1. The summed E-state index contributed by atoms with van der Waals surface area (Å²) in [4.78, 5) is 32.1. The number of nitro groups is 1. The van der Waals surface area contributed by atoms with Gasteiger partial charge in [-0.15, -0.1) is 0 Å². The fourth-order valence-corrected chi connectivity index (χ4v) is 1.85. The van der Waals surface area contributed by atoms with Crippen LogP contribution < -0.4 is 5.32 Å². The number of carbonyl (C=O) groups excluding carboxylic acids is 1. The molecule has 0 heterocycles. The molecule has 8 heteroatoms. The Hall–Kier alpha value is -2.15. The normalized spacial score (nSPS) is 11.7. The van der Waals surface area contributed by atoms with Crippen molar-refractivity contribution in [2.75, 3.05) is 0 Å². The summed E-state index contributed by atoms with van der Waals surface area (Å²) in [6.07, 6.45) is -0.249. The fraction of sp³-hybridized carbons (Fsp3) is 0.333. The van der Waals surface area contributed by atoms with E-state index in [0.717, 1.165) is 0 Å². The third-order valence-corrected chi connectivity index (χ3v) is 2.84. The van der Waals surface area contributed by atoms with Crippen molar-refractivity contribution in [2.45, 2.75) is 25.8 Å². The summed E-state index contributed by atoms with van der Waals surface area (Å²) in [6.45, 7) is 1.57. The van der Waals surface area contributed by atoms with Crippen molar-refractivity contribution in [1.82, 2.24) is 5.32 Å². The first-order chi connectivity index (χ1) is 9.29. The number of carboxylic acids is 1. The highest BCUT2D eigenvalue weighted by molar-refractivity contribution is 6.31. The molecule has 0 aromatic heterocycles. The topological polar surface area (TPSA) is 110 Å². The highest BCUT2D eigenvalue weighted by Crippen LogP contribution is 2.22. The maximum absolute atomic E-state index is 11.7. The number of halogens is 1. The van der Waals surface area contributed by atoms with Gasteiger partial charge in [0.15, 0.2) is 0 Å². The first-order valence-corrected chi connectivity index (χ1v) is 6.11. The minimum Gasteiger partial charge on any atom is -0.481 e. The van der Waals surface area contributed by atoms with Crippen LogP contribution in [0.25, 0.3) is 0 Å². The summed E-state index contributed by atoms with van der Waals surface area (Å²) in [6, 6.07) is 3.33. The highest BCUT2D eigenvalue weighted by atomic mass is 35.5. The van der Waals surface area contributed by atoms with Crippen LogP contribution in [-0.2, 0) is 16.0 Å². The fourth-order valence-electron chi connectivity index (χ4n) is 1.60. The van der Waals surface area contributed by atoms with Crippen molar-refractivity contribution in [3.63, 3.8) is 0 Å². The first-order valence-electron chi connectivity index (χ1n) is 5.73. The van der Waals surface area contributed by atoms with Gasteiger partial charge in [0.2, 0.25) is 5.91 Å². The van der Waals surface area contributed by atoms with E-state index in [0.29, 0.717) is 5.56 Å². The number of hydrogen-bond acceptors (Lipinski definition) is 4. The van der Waals surface area contributed by atoms with Crippen molar-refractivity contribution >= 4 is 29.2 Å². The van der Waals surface area contributed by atoms with Crippen LogP contribution in [0, 0.1) is 10.1 Å². The summed E-state index contributed by atoms with van der Waals surface area (Å²) in [5.41, 5.74) is 0.288. The minimum absolute atomic E-state index is 0.0687. The molecule has 1 aromatic rings. The van der Waals surface area contributed by atoms with Crippen LogP contribution in [0.4, 0.5) is 5.69 Å². The Labute approximate surface area is 119 Å². The van der Waals surface area contributed by atoms with Crippen LogP contribution in [0.3, 0.4) is 0 Å². The van der Waals surface area contributed by atoms with Gasteiger partial charge in [0.25, 0.3) is 5.69 Å². The van der Waals surface area contributed by atoms with Gasteiger partial charge < -0.3 is 10.4 Å². The van der Waals surface area contributed by atoms with E-state index in [4.69, 9.17) is 16.7 Å². The number of nitrogens with zero attached hydrogens (tertiary/aromatic N) is 1. The maximum Gasteiger partial charge on any atom is 0.305 e. The lowest BCUT2D eigenvalue weighted by Crippen LogP contribution is -2.35. The number of rotatable bonds is 6. The third kappa shape index (κ3) is 4.85. The van der Waals surface area contributed by atoms with E-state index in [-0.39, 0.29) is 23.6 Å². The van der Waals surface area contributed by atoms with E-state index < -0.39 is 22.8 Å². The summed E-state index contributed by atoms with van der Waals surface area (Å²) in [7, 11) is 0. The largest absolute Gasteiger partial charge is 0.481 e. The van der Waals surface area contributed by atoms with Crippen LogP contribution in [-0.4, -0.2) is 27.9 Å². The number of nitrogens with one attached hydrogen (secondary N) is 1. The average molecular weight is 301 g/mol. The maximum atomic E-state index is 11.7. The zero-order valence-corrected chi connectivity index (χ0v) is 11.4. The average Bonchev–Trinajstić information content (AvgIpc) is 2.30. The first kappa shape index (κ1) is 15.9. The Morgan fingerprint density at radius 2 is 2.15 bits per heavy atom. The van der Waals surface area contributed by atoms with Crippen molar-refractivity contribution in [3.05, 3.63) is 38.9 Å². The van der Waals surface area contributed by atoms with Gasteiger partial charge >= 0.3 is 5.97 Å². The number of hydrogen-bond donors (Lipinski definition) is 2. The molecule has 1 aromatic carbocycles. The Balaban J connectivity index is 2.67. The van der Waals surface area contributed by atoms with Crippen molar-refractivity contribution in [3.8, 4) is 0 Å². The number of carbonyl (C=O) groups is 2. The van der Waals surface area contributed by atoms with E-state index in [1.165, 1.54) is 18.2 Å². The molecule has 1 rings (SSSR count). The molecule has 0 saturated heterocycles. The summed E-state index contributed by atoms with van der Waals surface area (Å²) in [5.74, 6) is -1.40. The second-order valence-electron chi connectivity index (χ2n) is 4.28. The Kier molecular flexibility index (Phi) is 5.45. The van der Waals surface area contributed by atoms with Crippen molar-refractivity contribution < 1.29 is 19.6 Å². The molecule has 0 spiro atoms. The van der Waals surface area contributed by atoms with Crippen LogP contribution in [0.15, 0.2) is 18.2 Å². The van der Waals surface area contributed by atoms with Gasteiger partial charge in [0.05, 0.1) is 22.8 Å². The van der Waals surface area contributed by atoms with Gasteiger partial charge in [0, 0.05) is 18.2 Å². The second kappa shape index (κ2) is 6.85. The Bertz CT molecular complexity index is 547. The number of carboxylic acid groups (broad SMARTS) is 1. The van der Waals surface area contributed by atoms with Crippen LogP contribution in [0.5, 0.6) is 0 Å². The van der Waals surface area contributed by atoms with Crippen LogP contribution >= 0.6 is 11.6 Å². The zero-order valence-electron chi connectivity index (χ0n) is 10.6. The zero-order chi connectivity index (χ0) is 15.3. The molecule has 1 atom stereocenters. The van der Waals surface area contributed by atoms with Gasteiger partial charge in [-0.1, -0.05) is 17.7 Å². The van der Waals surface area contributed by atoms with Crippen LogP contribution in [0.1, 0.15) is 18.9 Å². The predicted octanol–water partition coefficient (Wildman–Crippen LogP) is 1.77. The summed E-state index contributed by atoms with van der Waals surface area (Å²) >= 11 is 5.86. The molecule has 0 aliphatic heterocycles. The minimum atomic E-state index is -1.01. The lowest BCUT2D eigenvalue weighted by Gasteiger charge is -2.12. The van der Waals surface area contributed by atoms with E-state index in [9.17, 15) is 19.7 Å². The SMILES string of the molecule is CC(CC(=O)O)NC(=O)Cc1ccc([N+](=O)[O-])cc1Cl. The lowest BCUT2D eigenvalue weighted by molar-refractivity contribution is -0.384. The van der Waals surface area contributed by atoms with Crippen LogP contribution in [0.2, 0.25) is 5.02 Å². The summed E-state index contributed by atoms with van der Waals surface area (Å²) < 4.78 is 0.